The Balaban J connectivity index is 1.53. The first kappa shape index (κ1) is 20.3. The lowest BCUT2D eigenvalue weighted by atomic mass is 10.1. The number of nitrogens with zero attached hydrogens (tertiary/aromatic N) is 3. The van der Waals surface area contributed by atoms with Crippen LogP contribution < -0.4 is 20.5 Å². The van der Waals surface area contributed by atoms with E-state index in [9.17, 15) is 0 Å². The van der Waals surface area contributed by atoms with E-state index in [1.165, 1.54) is 0 Å². The number of benzene rings is 2. The molecular weight excluding hydrogens is 366 g/mol. The first-order valence-electron chi connectivity index (χ1n) is 9.41. The van der Waals surface area contributed by atoms with Crippen LogP contribution in [0.4, 0.5) is 0 Å². The third kappa shape index (κ3) is 5.51. The minimum Gasteiger partial charge on any atom is -0.493 e. The van der Waals surface area contributed by atoms with E-state index in [-0.39, 0.29) is 0 Å². The Morgan fingerprint density at radius 1 is 1.07 bits per heavy atom. The summed E-state index contributed by atoms with van der Waals surface area (Å²) in [6.07, 6.45) is 4.64. The number of hydrogen-bond donors (Lipinski definition) is 2. The van der Waals surface area contributed by atoms with E-state index < -0.39 is 0 Å². The maximum absolute atomic E-state index is 6.02. The molecule has 1 heterocycles. The van der Waals surface area contributed by atoms with Crippen LogP contribution in [-0.2, 0) is 20.0 Å². The van der Waals surface area contributed by atoms with Gasteiger partial charge in [0.1, 0.15) is 0 Å². The first-order valence-corrected chi connectivity index (χ1v) is 9.41. The fraction of sp³-hybridized carbons (Fsp3) is 0.273. The van der Waals surface area contributed by atoms with E-state index in [1.807, 2.05) is 49.8 Å². The van der Waals surface area contributed by atoms with Gasteiger partial charge >= 0.3 is 0 Å². The van der Waals surface area contributed by atoms with Crippen LogP contribution in [0, 0.1) is 0 Å². The molecule has 0 fully saturated rings. The molecule has 0 radical (unpaired) electrons. The van der Waals surface area contributed by atoms with Crippen molar-refractivity contribution in [3.63, 3.8) is 0 Å². The van der Waals surface area contributed by atoms with Gasteiger partial charge in [-0.25, -0.2) is 4.99 Å². The third-order valence-electron chi connectivity index (χ3n) is 4.56. The Hall–Kier alpha value is -3.48. The SMILES string of the molecule is COc1ccc(CCNC(N)=NCc2cccc(-c3cnn(C)c3)c2)cc1OC. The van der Waals surface area contributed by atoms with Gasteiger partial charge in [0.25, 0.3) is 0 Å². The quantitative estimate of drug-likeness (QED) is 0.454. The number of nitrogens with two attached hydrogens (primary N) is 1. The molecule has 0 saturated heterocycles. The zero-order chi connectivity index (χ0) is 20.6. The second-order valence-corrected chi connectivity index (χ2v) is 6.67. The average molecular weight is 393 g/mol. The number of ether oxygens (including phenoxy) is 2. The molecule has 0 saturated carbocycles. The lowest BCUT2D eigenvalue weighted by molar-refractivity contribution is 0.354. The number of hydrogen-bond acceptors (Lipinski definition) is 4. The highest BCUT2D eigenvalue weighted by Gasteiger charge is 2.05. The van der Waals surface area contributed by atoms with Gasteiger partial charge < -0.3 is 20.5 Å². The lowest BCUT2D eigenvalue weighted by Crippen LogP contribution is -2.33. The van der Waals surface area contributed by atoms with Gasteiger partial charge in [0.2, 0.25) is 0 Å². The number of rotatable bonds is 8. The molecule has 3 rings (SSSR count). The van der Waals surface area contributed by atoms with E-state index >= 15 is 0 Å². The lowest BCUT2D eigenvalue weighted by Gasteiger charge is -2.10. The fourth-order valence-electron chi connectivity index (χ4n) is 3.02. The summed E-state index contributed by atoms with van der Waals surface area (Å²) >= 11 is 0. The Labute approximate surface area is 171 Å². The fourth-order valence-corrected chi connectivity index (χ4v) is 3.02. The number of methoxy groups -OCH3 is 2. The highest BCUT2D eigenvalue weighted by molar-refractivity contribution is 5.77. The molecule has 1 aromatic heterocycles. The number of aromatic nitrogens is 2. The predicted octanol–water partition coefficient (Wildman–Crippen LogP) is 2.75. The molecule has 152 valence electrons. The van der Waals surface area contributed by atoms with Gasteiger partial charge in [0, 0.05) is 25.4 Å². The van der Waals surface area contributed by atoms with Gasteiger partial charge in [-0.3, -0.25) is 4.68 Å². The molecule has 2 aromatic carbocycles. The minimum atomic E-state index is 0.428. The first-order chi connectivity index (χ1) is 14.1. The maximum atomic E-state index is 6.02. The summed E-state index contributed by atoms with van der Waals surface area (Å²) in [5.74, 6) is 1.87. The molecule has 0 unspecified atom stereocenters. The molecular formula is C22H27N5O2. The van der Waals surface area contributed by atoms with Crippen LogP contribution in [-0.4, -0.2) is 36.5 Å². The molecule has 0 amide bonds. The topological polar surface area (TPSA) is 86.7 Å². The zero-order valence-electron chi connectivity index (χ0n) is 17.1. The van der Waals surface area contributed by atoms with Crippen molar-refractivity contribution in [1.29, 1.82) is 0 Å². The summed E-state index contributed by atoms with van der Waals surface area (Å²) in [6, 6.07) is 14.1. The van der Waals surface area contributed by atoms with Gasteiger partial charge in [-0.1, -0.05) is 24.3 Å². The van der Waals surface area contributed by atoms with E-state index in [2.05, 4.69) is 27.5 Å². The van der Waals surface area contributed by atoms with Gasteiger partial charge in [-0.2, -0.15) is 5.10 Å². The number of nitrogens with one attached hydrogen (secondary N) is 1. The normalized spacial score (nSPS) is 11.3. The van der Waals surface area contributed by atoms with Crippen LogP contribution in [0.15, 0.2) is 59.9 Å². The Kier molecular flexibility index (Phi) is 6.73. The molecule has 0 aliphatic rings. The summed E-state index contributed by atoms with van der Waals surface area (Å²) in [6.45, 7) is 1.20. The van der Waals surface area contributed by atoms with Crippen molar-refractivity contribution >= 4 is 5.96 Å². The van der Waals surface area contributed by atoms with Gasteiger partial charge in [0.05, 0.1) is 27.0 Å². The summed E-state index contributed by atoms with van der Waals surface area (Å²) in [5.41, 5.74) is 10.4. The van der Waals surface area contributed by atoms with E-state index in [1.54, 1.807) is 18.9 Å². The van der Waals surface area contributed by atoms with Gasteiger partial charge in [0.15, 0.2) is 17.5 Å². The van der Waals surface area contributed by atoms with Crippen molar-refractivity contribution in [2.24, 2.45) is 17.8 Å². The molecule has 0 atom stereocenters. The second-order valence-electron chi connectivity index (χ2n) is 6.67. The monoisotopic (exact) mass is 393 g/mol. The van der Waals surface area contributed by atoms with Crippen LogP contribution in [0.5, 0.6) is 11.5 Å². The molecule has 0 bridgehead atoms. The molecule has 7 heteroatoms. The summed E-state index contributed by atoms with van der Waals surface area (Å²) in [7, 11) is 5.17. The van der Waals surface area contributed by atoms with E-state index in [0.29, 0.717) is 19.0 Å². The number of guanidine groups is 1. The molecule has 3 aromatic rings. The molecule has 0 spiro atoms. The Bertz CT molecular complexity index is 981. The van der Waals surface area contributed by atoms with Crippen molar-refractivity contribution < 1.29 is 9.47 Å². The predicted molar refractivity (Wildman–Crippen MR) is 115 cm³/mol. The van der Waals surface area contributed by atoms with Crippen LogP contribution in [0.1, 0.15) is 11.1 Å². The number of aryl methyl sites for hydroxylation is 1. The largest absolute Gasteiger partial charge is 0.493 e. The van der Waals surface area contributed by atoms with Gasteiger partial charge in [-0.05, 0) is 41.3 Å². The van der Waals surface area contributed by atoms with Crippen molar-refractivity contribution in [2.45, 2.75) is 13.0 Å². The van der Waals surface area contributed by atoms with Crippen molar-refractivity contribution in [3.8, 4) is 22.6 Å². The smallest absolute Gasteiger partial charge is 0.188 e. The Morgan fingerprint density at radius 3 is 2.62 bits per heavy atom. The highest BCUT2D eigenvalue weighted by Crippen LogP contribution is 2.27. The molecule has 3 N–H and O–H groups in total. The zero-order valence-corrected chi connectivity index (χ0v) is 17.1. The molecule has 29 heavy (non-hydrogen) atoms. The van der Waals surface area contributed by atoms with Gasteiger partial charge in [-0.15, -0.1) is 0 Å². The second kappa shape index (κ2) is 9.64. The molecule has 7 nitrogen and oxygen atoms in total. The summed E-state index contributed by atoms with van der Waals surface area (Å²) < 4.78 is 12.4. The minimum absolute atomic E-state index is 0.428. The summed E-state index contributed by atoms with van der Waals surface area (Å²) in [4.78, 5) is 4.44. The number of aliphatic imine (C=N–C) groups is 1. The van der Waals surface area contributed by atoms with Crippen molar-refractivity contribution in [3.05, 3.63) is 66.0 Å². The van der Waals surface area contributed by atoms with Crippen molar-refractivity contribution in [2.75, 3.05) is 20.8 Å². The van der Waals surface area contributed by atoms with Crippen molar-refractivity contribution in [1.82, 2.24) is 15.1 Å². The maximum Gasteiger partial charge on any atom is 0.188 e. The molecule has 0 aliphatic heterocycles. The van der Waals surface area contributed by atoms with Crippen LogP contribution >= 0.6 is 0 Å². The highest BCUT2D eigenvalue weighted by atomic mass is 16.5. The van der Waals surface area contributed by atoms with Crippen LogP contribution in [0.2, 0.25) is 0 Å². The van der Waals surface area contributed by atoms with E-state index in [0.717, 1.165) is 40.2 Å². The van der Waals surface area contributed by atoms with Crippen LogP contribution in [0.25, 0.3) is 11.1 Å². The summed E-state index contributed by atoms with van der Waals surface area (Å²) in [5, 5.41) is 7.38. The average Bonchev–Trinajstić information content (AvgIpc) is 3.18. The van der Waals surface area contributed by atoms with E-state index in [4.69, 9.17) is 15.2 Å². The standard InChI is InChI=1S/C22H27N5O2/c1-27-15-19(14-26-27)18-6-4-5-17(11-18)13-25-22(23)24-10-9-16-7-8-20(28-2)21(12-16)29-3/h4-8,11-12,14-15H,9-10,13H2,1-3H3,(H3,23,24,25). The molecule has 0 aliphatic carbocycles. The Morgan fingerprint density at radius 2 is 1.90 bits per heavy atom. The third-order valence-corrected chi connectivity index (χ3v) is 4.56. The van der Waals surface area contributed by atoms with Crippen LogP contribution in [0.3, 0.4) is 0 Å².